The van der Waals surface area contributed by atoms with Crippen molar-refractivity contribution in [2.75, 3.05) is 18.0 Å². The van der Waals surface area contributed by atoms with Gasteiger partial charge in [0.05, 0.1) is 12.2 Å². The quantitative estimate of drug-likeness (QED) is 0.775. The summed E-state index contributed by atoms with van der Waals surface area (Å²) in [4.78, 5) is 2.01. The lowest BCUT2D eigenvalue weighted by Crippen LogP contribution is -2.24. The summed E-state index contributed by atoms with van der Waals surface area (Å²) in [7, 11) is 0. The van der Waals surface area contributed by atoms with Crippen LogP contribution in [-0.2, 0) is 6.54 Å². The maximum atomic E-state index is 9.68. The molecule has 1 aromatic rings. The van der Waals surface area contributed by atoms with E-state index in [2.05, 4.69) is 5.32 Å². The molecule has 0 spiro atoms. The van der Waals surface area contributed by atoms with Gasteiger partial charge in [0.25, 0.3) is 0 Å². The summed E-state index contributed by atoms with van der Waals surface area (Å²) in [6, 6.07) is 6.42. The Morgan fingerprint density at radius 1 is 1.21 bits per heavy atom. The van der Waals surface area contributed by atoms with Gasteiger partial charge in [-0.25, -0.2) is 0 Å². The molecule has 3 rings (SSSR count). The number of anilines is 1. The van der Waals surface area contributed by atoms with Crippen molar-refractivity contribution in [2.45, 2.75) is 37.6 Å². The fraction of sp³-hybridized carbons (Fsp3) is 0.571. The minimum absolute atomic E-state index is 0.456. The molecular weight excluding hydrogens is 264 g/mol. The molecule has 2 unspecified atom stereocenters. The first-order chi connectivity index (χ1) is 9.15. The fourth-order valence-corrected chi connectivity index (χ4v) is 2.75. The Hall–Kier alpha value is -0.810. The largest absolute Gasteiger partial charge is 0.389 e. The lowest BCUT2D eigenvalue weighted by atomic mass is 10.1. The van der Waals surface area contributed by atoms with Crippen LogP contribution in [0.1, 0.15) is 18.4 Å². The first kappa shape index (κ1) is 13.2. The Balaban J connectivity index is 1.80. The zero-order chi connectivity index (χ0) is 13.4. The molecule has 5 heteroatoms. The van der Waals surface area contributed by atoms with E-state index in [1.807, 2.05) is 23.1 Å². The Morgan fingerprint density at radius 2 is 1.89 bits per heavy atom. The van der Waals surface area contributed by atoms with Crippen molar-refractivity contribution in [1.82, 2.24) is 5.32 Å². The molecule has 0 aromatic heterocycles. The Morgan fingerprint density at radius 3 is 2.53 bits per heavy atom. The monoisotopic (exact) mass is 282 g/mol. The molecule has 1 saturated carbocycles. The van der Waals surface area contributed by atoms with Gasteiger partial charge < -0.3 is 20.4 Å². The lowest BCUT2D eigenvalue weighted by molar-refractivity contribution is 0.0572. The van der Waals surface area contributed by atoms with Crippen molar-refractivity contribution in [3.05, 3.63) is 28.8 Å². The second-order valence-corrected chi connectivity index (χ2v) is 5.84. The highest BCUT2D eigenvalue weighted by Crippen LogP contribution is 2.31. The molecule has 1 aliphatic carbocycles. The van der Waals surface area contributed by atoms with Crippen molar-refractivity contribution in [1.29, 1.82) is 0 Å². The fourth-order valence-electron chi connectivity index (χ4n) is 2.52. The van der Waals surface area contributed by atoms with Gasteiger partial charge in [-0.3, -0.25) is 0 Å². The van der Waals surface area contributed by atoms with Crippen LogP contribution in [0.5, 0.6) is 0 Å². The second kappa shape index (κ2) is 5.29. The third-order valence-corrected chi connectivity index (χ3v) is 4.19. The summed E-state index contributed by atoms with van der Waals surface area (Å²) in [5.74, 6) is 0. The highest BCUT2D eigenvalue weighted by molar-refractivity contribution is 6.31. The molecule has 2 aliphatic rings. The third-order valence-electron chi connectivity index (χ3n) is 3.84. The van der Waals surface area contributed by atoms with Crippen LogP contribution in [0.2, 0.25) is 5.02 Å². The highest BCUT2D eigenvalue weighted by atomic mass is 35.5. The van der Waals surface area contributed by atoms with Crippen LogP contribution in [0.25, 0.3) is 0 Å². The molecule has 4 nitrogen and oxygen atoms in total. The van der Waals surface area contributed by atoms with E-state index in [9.17, 15) is 10.2 Å². The Kier molecular flexibility index (Phi) is 3.67. The van der Waals surface area contributed by atoms with Gasteiger partial charge in [0.1, 0.15) is 0 Å². The van der Waals surface area contributed by atoms with Crippen molar-refractivity contribution in [2.24, 2.45) is 0 Å². The molecule has 3 N–H and O–H groups in total. The SMILES string of the molecule is OC1CN(c2cccc(Cl)c2CNC2CC2)CC1O. The standard InChI is InChI=1S/C14H19ClN2O2/c15-11-2-1-3-12(10(11)6-16-9-4-5-9)17-7-13(18)14(19)8-17/h1-3,9,13-14,16,18-19H,4-8H2. The van der Waals surface area contributed by atoms with E-state index < -0.39 is 12.2 Å². The maximum Gasteiger partial charge on any atom is 0.0990 e. The zero-order valence-electron chi connectivity index (χ0n) is 10.7. The van der Waals surface area contributed by atoms with Crippen LogP contribution in [0.4, 0.5) is 5.69 Å². The van der Waals surface area contributed by atoms with Crippen molar-refractivity contribution >= 4 is 17.3 Å². The minimum atomic E-state index is -0.678. The summed E-state index contributed by atoms with van der Waals surface area (Å²) in [5, 5.41) is 23.6. The number of aliphatic hydroxyl groups is 2. The summed E-state index contributed by atoms with van der Waals surface area (Å²) in [5.41, 5.74) is 2.06. The van der Waals surface area contributed by atoms with Gasteiger partial charge in [-0.05, 0) is 25.0 Å². The first-order valence-electron chi connectivity index (χ1n) is 6.77. The molecule has 1 aliphatic heterocycles. The smallest absolute Gasteiger partial charge is 0.0990 e. The second-order valence-electron chi connectivity index (χ2n) is 5.43. The third kappa shape index (κ3) is 2.87. The number of nitrogens with zero attached hydrogens (tertiary/aromatic N) is 1. The molecule has 2 fully saturated rings. The average molecular weight is 283 g/mol. The minimum Gasteiger partial charge on any atom is -0.389 e. The van der Waals surface area contributed by atoms with Crippen LogP contribution in [0.15, 0.2) is 18.2 Å². The lowest BCUT2D eigenvalue weighted by Gasteiger charge is -2.22. The van der Waals surface area contributed by atoms with Gasteiger partial charge in [0, 0.05) is 41.9 Å². The van der Waals surface area contributed by atoms with E-state index >= 15 is 0 Å². The van der Waals surface area contributed by atoms with E-state index in [0.29, 0.717) is 19.1 Å². The number of β-amino-alcohol motifs (C(OH)–C–C–N with tert-alkyl or cyclic N) is 2. The summed E-state index contributed by atoms with van der Waals surface area (Å²) in [6.45, 7) is 1.65. The number of nitrogens with one attached hydrogen (secondary N) is 1. The maximum absolute atomic E-state index is 9.68. The molecule has 104 valence electrons. The summed E-state index contributed by atoms with van der Waals surface area (Å²) in [6.07, 6.45) is 1.12. The van der Waals surface area contributed by atoms with E-state index in [4.69, 9.17) is 11.6 Å². The normalized spacial score (nSPS) is 27.0. The molecular formula is C14H19ClN2O2. The number of halogens is 1. The van der Waals surface area contributed by atoms with E-state index in [0.717, 1.165) is 22.8 Å². The number of hydrogen-bond acceptors (Lipinski definition) is 4. The van der Waals surface area contributed by atoms with Gasteiger partial charge in [0.15, 0.2) is 0 Å². The van der Waals surface area contributed by atoms with E-state index in [1.54, 1.807) is 0 Å². The predicted octanol–water partition coefficient (Wildman–Crippen LogP) is 1.13. The molecule has 1 heterocycles. The van der Waals surface area contributed by atoms with Crippen LogP contribution >= 0.6 is 11.6 Å². The van der Waals surface area contributed by atoms with E-state index in [1.165, 1.54) is 12.8 Å². The van der Waals surface area contributed by atoms with Crippen molar-refractivity contribution < 1.29 is 10.2 Å². The molecule has 0 amide bonds. The van der Waals surface area contributed by atoms with E-state index in [-0.39, 0.29) is 0 Å². The number of benzene rings is 1. The molecule has 19 heavy (non-hydrogen) atoms. The molecule has 1 saturated heterocycles. The van der Waals surface area contributed by atoms with Crippen LogP contribution in [-0.4, -0.2) is 41.6 Å². The predicted molar refractivity (Wildman–Crippen MR) is 75.5 cm³/mol. The highest BCUT2D eigenvalue weighted by Gasteiger charge is 2.31. The van der Waals surface area contributed by atoms with Gasteiger partial charge in [-0.1, -0.05) is 17.7 Å². The first-order valence-corrected chi connectivity index (χ1v) is 7.15. The van der Waals surface area contributed by atoms with Crippen molar-refractivity contribution in [3.63, 3.8) is 0 Å². The number of aliphatic hydroxyl groups excluding tert-OH is 2. The number of hydrogen-bond donors (Lipinski definition) is 3. The van der Waals surface area contributed by atoms with Crippen LogP contribution < -0.4 is 10.2 Å². The number of rotatable bonds is 4. The molecule has 0 bridgehead atoms. The molecule has 1 aromatic carbocycles. The molecule has 2 atom stereocenters. The van der Waals surface area contributed by atoms with Gasteiger partial charge >= 0.3 is 0 Å². The van der Waals surface area contributed by atoms with Crippen LogP contribution in [0.3, 0.4) is 0 Å². The zero-order valence-corrected chi connectivity index (χ0v) is 11.5. The topological polar surface area (TPSA) is 55.7 Å². The average Bonchev–Trinajstić information content (AvgIpc) is 3.14. The Labute approximate surface area is 118 Å². The Bertz CT molecular complexity index is 455. The van der Waals surface area contributed by atoms with Gasteiger partial charge in [-0.15, -0.1) is 0 Å². The van der Waals surface area contributed by atoms with Crippen LogP contribution in [0, 0.1) is 0 Å². The van der Waals surface area contributed by atoms with Gasteiger partial charge in [-0.2, -0.15) is 0 Å². The molecule has 0 radical (unpaired) electrons. The van der Waals surface area contributed by atoms with Gasteiger partial charge in [0.2, 0.25) is 0 Å². The summed E-state index contributed by atoms with van der Waals surface area (Å²) >= 11 is 6.29. The van der Waals surface area contributed by atoms with Crippen molar-refractivity contribution in [3.8, 4) is 0 Å². The summed E-state index contributed by atoms with van der Waals surface area (Å²) < 4.78 is 0.